The predicted molar refractivity (Wildman–Crippen MR) is 96.7 cm³/mol. The van der Waals surface area contributed by atoms with Gasteiger partial charge in [-0.3, -0.25) is 4.79 Å². The largest absolute Gasteiger partial charge is 0.339 e. The molecule has 1 aromatic heterocycles. The minimum absolute atomic E-state index is 0.0253. The highest BCUT2D eigenvalue weighted by atomic mass is 16.2. The van der Waals surface area contributed by atoms with Crippen LogP contribution >= 0.6 is 0 Å². The molecule has 0 radical (unpaired) electrons. The Morgan fingerprint density at radius 1 is 1.12 bits per heavy atom. The van der Waals surface area contributed by atoms with E-state index < -0.39 is 0 Å². The van der Waals surface area contributed by atoms with Crippen molar-refractivity contribution in [2.24, 2.45) is 7.05 Å². The molecule has 0 fully saturated rings. The number of carbonyl (C=O) groups is 1. The molecule has 126 valence electrons. The van der Waals surface area contributed by atoms with Crippen molar-refractivity contribution in [3.8, 4) is 17.2 Å². The summed E-state index contributed by atoms with van der Waals surface area (Å²) in [7, 11) is 1.87. The van der Waals surface area contributed by atoms with E-state index in [0.717, 1.165) is 16.8 Å². The second-order valence-corrected chi connectivity index (χ2v) is 6.64. The van der Waals surface area contributed by atoms with Crippen LogP contribution < -0.4 is 0 Å². The maximum atomic E-state index is 13.1. The summed E-state index contributed by atoms with van der Waals surface area (Å²) in [6, 6.07) is 11.9. The van der Waals surface area contributed by atoms with Crippen LogP contribution in [0.15, 0.2) is 30.3 Å². The fourth-order valence-corrected chi connectivity index (χ4v) is 3.19. The normalized spacial score (nSPS) is 11.0. The van der Waals surface area contributed by atoms with E-state index in [-0.39, 0.29) is 18.0 Å². The Balaban J connectivity index is 2.61. The summed E-state index contributed by atoms with van der Waals surface area (Å²) in [6.07, 6.45) is 0. The average molecular weight is 323 g/mol. The van der Waals surface area contributed by atoms with Gasteiger partial charge in [0, 0.05) is 36.0 Å². The van der Waals surface area contributed by atoms with Crippen LogP contribution in [0.1, 0.15) is 49.4 Å². The van der Waals surface area contributed by atoms with E-state index in [1.54, 1.807) is 0 Å². The van der Waals surface area contributed by atoms with Crippen LogP contribution in [-0.4, -0.2) is 27.5 Å². The molecule has 2 aromatic rings. The number of aromatic nitrogens is 1. The van der Waals surface area contributed by atoms with Crippen LogP contribution in [0.25, 0.3) is 11.1 Å². The molecule has 0 atom stereocenters. The zero-order chi connectivity index (χ0) is 18.0. The summed E-state index contributed by atoms with van der Waals surface area (Å²) in [4.78, 5) is 15.0. The summed E-state index contributed by atoms with van der Waals surface area (Å²) in [5, 5.41) is 9.27. The first-order valence-electron chi connectivity index (χ1n) is 8.28. The minimum Gasteiger partial charge on any atom is -0.339 e. The van der Waals surface area contributed by atoms with E-state index in [4.69, 9.17) is 0 Å². The van der Waals surface area contributed by atoms with Crippen molar-refractivity contribution in [3.63, 3.8) is 0 Å². The fraction of sp³-hybridized carbons (Fsp3) is 0.400. The smallest absolute Gasteiger partial charge is 0.254 e. The molecule has 0 saturated carbocycles. The molecule has 0 aliphatic carbocycles. The number of hydrogen-bond donors (Lipinski definition) is 0. The van der Waals surface area contributed by atoms with Gasteiger partial charge >= 0.3 is 0 Å². The second-order valence-electron chi connectivity index (χ2n) is 6.64. The number of carbonyl (C=O) groups excluding carboxylic acids is 1. The standard InChI is InChI=1S/C20H25N3O/c1-13(2)23(14(3)4)20(24)18-10-8-7-9-17(18)19-11-16(12-21)22(6)15(19)5/h7-11,13-14H,1-6H3. The molecular weight excluding hydrogens is 298 g/mol. The van der Waals surface area contributed by atoms with Crippen molar-refractivity contribution >= 4 is 5.91 Å². The number of benzene rings is 1. The van der Waals surface area contributed by atoms with Crippen molar-refractivity contribution in [3.05, 3.63) is 47.3 Å². The maximum absolute atomic E-state index is 13.1. The molecule has 0 saturated heterocycles. The summed E-state index contributed by atoms with van der Waals surface area (Å²) < 4.78 is 1.86. The monoisotopic (exact) mass is 323 g/mol. The van der Waals surface area contributed by atoms with Crippen molar-refractivity contribution < 1.29 is 4.79 Å². The Morgan fingerprint density at radius 2 is 1.71 bits per heavy atom. The lowest BCUT2D eigenvalue weighted by molar-refractivity contribution is 0.0644. The molecule has 24 heavy (non-hydrogen) atoms. The van der Waals surface area contributed by atoms with E-state index in [1.165, 1.54) is 0 Å². The summed E-state index contributed by atoms with van der Waals surface area (Å²) in [6.45, 7) is 10.1. The number of hydrogen-bond acceptors (Lipinski definition) is 2. The molecule has 1 aromatic carbocycles. The molecular formula is C20H25N3O. The van der Waals surface area contributed by atoms with Crippen LogP contribution in [0.2, 0.25) is 0 Å². The van der Waals surface area contributed by atoms with Gasteiger partial charge in [-0.1, -0.05) is 18.2 Å². The van der Waals surface area contributed by atoms with Gasteiger partial charge < -0.3 is 9.47 Å². The molecule has 0 N–H and O–H groups in total. The van der Waals surface area contributed by atoms with E-state index in [0.29, 0.717) is 11.3 Å². The molecule has 4 heteroatoms. The Morgan fingerprint density at radius 3 is 2.21 bits per heavy atom. The first kappa shape index (κ1) is 17.8. The van der Waals surface area contributed by atoms with Gasteiger partial charge in [-0.15, -0.1) is 0 Å². The van der Waals surface area contributed by atoms with Gasteiger partial charge in [0.1, 0.15) is 11.8 Å². The van der Waals surface area contributed by atoms with Crippen LogP contribution in [0.4, 0.5) is 0 Å². The summed E-state index contributed by atoms with van der Waals surface area (Å²) in [5.74, 6) is 0.0253. The highest BCUT2D eigenvalue weighted by Crippen LogP contribution is 2.30. The second kappa shape index (κ2) is 6.92. The Bertz CT molecular complexity index is 786. The van der Waals surface area contributed by atoms with Gasteiger partial charge in [-0.2, -0.15) is 5.26 Å². The van der Waals surface area contributed by atoms with Crippen molar-refractivity contribution in [1.82, 2.24) is 9.47 Å². The van der Waals surface area contributed by atoms with Crippen molar-refractivity contribution in [2.45, 2.75) is 46.7 Å². The van der Waals surface area contributed by atoms with Gasteiger partial charge in [0.15, 0.2) is 0 Å². The third kappa shape index (κ3) is 3.07. The Labute approximate surface area is 144 Å². The lowest BCUT2D eigenvalue weighted by atomic mass is 9.98. The fourth-order valence-electron chi connectivity index (χ4n) is 3.19. The molecule has 0 unspecified atom stereocenters. The SMILES string of the molecule is Cc1c(-c2ccccc2C(=O)N(C(C)C)C(C)C)cc(C#N)n1C. The third-order valence-electron chi connectivity index (χ3n) is 4.44. The van der Waals surface area contributed by atoms with Crippen LogP contribution in [0.5, 0.6) is 0 Å². The van der Waals surface area contributed by atoms with Gasteiger partial charge in [0.25, 0.3) is 5.91 Å². The number of nitriles is 1. The zero-order valence-corrected chi connectivity index (χ0v) is 15.3. The lowest BCUT2D eigenvalue weighted by Crippen LogP contribution is -2.42. The Kier molecular flexibility index (Phi) is 5.14. The quantitative estimate of drug-likeness (QED) is 0.849. The summed E-state index contributed by atoms with van der Waals surface area (Å²) >= 11 is 0. The first-order chi connectivity index (χ1) is 11.3. The van der Waals surface area contributed by atoms with Crippen LogP contribution in [-0.2, 0) is 7.05 Å². The number of nitrogens with zero attached hydrogens (tertiary/aromatic N) is 3. The Hall–Kier alpha value is -2.54. The third-order valence-corrected chi connectivity index (χ3v) is 4.44. The highest BCUT2D eigenvalue weighted by Gasteiger charge is 2.25. The molecule has 4 nitrogen and oxygen atoms in total. The molecule has 1 heterocycles. The highest BCUT2D eigenvalue weighted by molar-refractivity contribution is 6.01. The van der Waals surface area contributed by atoms with E-state index in [1.807, 2.05) is 81.5 Å². The summed E-state index contributed by atoms with van der Waals surface area (Å²) in [5.41, 5.74) is 4.06. The molecule has 0 aliphatic rings. The predicted octanol–water partition coefficient (Wildman–Crippen LogP) is 4.13. The van der Waals surface area contributed by atoms with Gasteiger partial charge in [0.2, 0.25) is 0 Å². The van der Waals surface area contributed by atoms with Crippen molar-refractivity contribution in [1.29, 1.82) is 5.26 Å². The van der Waals surface area contributed by atoms with E-state index in [2.05, 4.69) is 6.07 Å². The lowest BCUT2D eigenvalue weighted by Gasteiger charge is -2.31. The molecule has 1 amide bonds. The van der Waals surface area contributed by atoms with Crippen LogP contribution in [0.3, 0.4) is 0 Å². The molecule has 0 aliphatic heterocycles. The van der Waals surface area contributed by atoms with Crippen LogP contribution in [0, 0.1) is 18.3 Å². The number of amides is 1. The zero-order valence-electron chi connectivity index (χ0n) is 15.3. The molecule has 0 spiro atoms. The first-order valence-corrected chi connectivity index (χ1v) is 8.28. The maximum Gasteiger partial charge on any atom is 0.254 e. The van der Waals surface area contributed by atoms with Gasteiger partial charge in [0.05, 0.1) is 0 Å². The van der Waals surface area contributed by atoms with Gasteiger partial charge in [-0.05, 0) is 52.3 Å². The minimum atomic E-state index is 0.0253. The van der Waals surface area contributed by atoms with E-state index in [9.17, 15) is 10.1 Å². The van der Waals surface area contributed by atoms with Gasteiger partial charge in [-0.25, -0.2) is 0 Å². The topological polar surface area (TPSA) is 49.0 Å². The molecule has 2 rings (SSSR count). The number of rotatable bonds is 4. The van der Waals surface area contributed by atoms with Crippen molar-refractivity contribution in [2.75, 3.05) is 0 Å². The average Bonchev–Trinajstić information content (AvgIpc) is 2.82. The van der Waals surface area contributed by atoms with E-state index >= 15 is 0 Å². The molecule has 0 bridgehead atoms.